The number of hydrogen-bond acceptors (Lipinski definition) is 4. The van der Waals surface area contributed by atoms with Crippen LogP contribution in [0.3, 0.4) is 0 Å². The topological polar surface area (TPSA) is 63.2 Å². The molecule has 82 valence electrons. The third-order valence-electron chi connectivity index (χ3n) is 2.55. The molecule has 5 nitrogen and oxygen atoms in total. The van der Waals surface area contributed by atoms with E-state index in [-0.39, 0.29) is 6.04 Å². The minimum atomic E-state index is -3.13. The second-order valence-corrected chi connectivity index (χ2v) is 5.60. The van der Waals surface area contributed by atoms with E-state index in [1.54, 1.807) is 18.6 Å². The van der Waals surface area contributed by atoms with Crippen LogP contribution >= 0.6 is 0 Å². The minimum Gasteiger partial charge on any atom is -0.261 e. The van der Waals surface area contributed by atoms with E-state index < -0.39 is 10.0 Å². The quantitative estimate of drug-likeness (QED) is 0.741. The summed E-state index contributed by atoms with van der Waals surface area (Å²) in [4.78, 5) is 8.12. The van der Waals surface area contributed by atoms with Gasteiger partial charge in [0.15, 0.2) is 0 Å². The Labute approximate surface area is 89.2 Å². The second kappa shape index (κ2) is 3.86. The van der Waals surface area contributed by atoms with Crippen molar-refractivity contribution < 1.29 is 8.42 Å². The van der Waals surface area contributed by atoms with E-state index >= 15 is 0 Å². The molecule has 6 heteroatoms. The van der Waals surface area contributed by atoms with Crippen molar-refractivity contribution in [3.8, 4) is 0 Å². The molecule has 0 aromatic carbocycles. The first-order chi connectivity index (χ1) is 7.09. The van der Waals surface area contributed by atoms with Gasteiger partial charge >= 0.3 is 0 Å². The molecule has 1 fully saturated rings. The van der Waals surface area contributed by atoms with E-state index in [2.05, 4.69) is 9.97 Å². The summed E-state index contributed by atoms with van der Waals surface area (Å²) in [6, 6.07) is -0.131. The zero-order valence-electron chi connectivity index (χ0n) is 8.50. The molecule has 0 unspecified atom stereocenters. The third-order valence-corrected chi connectivity index (χ3v) is 3.84. The van der Waals surface area contributed by atoms with Gasteiger partial charge in [-0.3, -0.25) is 9.97 Å². The molecule has 2 rings (SSSR count). The normalized spacial score (nSPS) is 23.1. The van der Waals surface area contributed by atoms with Gasteiger partial charge in [0.05, 0.1) is 24.2 Å². The molecule has 1 aliphatic heterocycles. The summed E-state index contributed by atoms with van der Waals surface area (Å²) in [6.45, 7) is 0.583. The predicted octanol–water partition coefficient (Wildman–Crippen LogP) is 0.573. The average molecular weight is 227 g/mol. The van der Waals surface area contributed by atoms with Gasteiger partial charge in [0.25, 0.3) is 0 Å². The lowest BCUT2D eigenvalue weighted by Crippen LogP contribution is -2.29. The molecule has 0 N–H and O–H groups in total. The smallest absolute Gasteiger partial charge is 0.211 e. The summed E-state index contributed by atoms with van der Waals surface area (Å²) in [6.07, 6.45) is 7.76. The highest BCUT2D eigenvalue weighted by molar-refractivity contribution is 7.88. The van der Waals surface area contributed by atoms with Crippen LogP contribution in [0.25, 0.3) is 0 Å². The van der Waals surface area contributed by atoms with E-state index in [4.69, 9.17) is 0 Å². The number of hydrogen-bond donors (Lipinski definition) is 0. The van der Waals surface area contributed by atoms with Gasteiger partial charge in [-0.2, -0.15) is 4.31 Å². The zero-order valence-corrected chi connectivity index (χ0v) is 9.31. The van der Waals surface area contributed by atoms with Crippen molar-refractivity contribution in [3.05, 3.63) is 24.3 Å². The van der Waals surface area contributed by atoms with Crippen molar-refractivity contribution in [2.45, 2.75) is 18.9 Å². The zero-order chi connectivity index (χ0) is 10.9. The Morgan fingerprint density at radius 2 is 2.27 bits per heavy atom. The summed E-state index contributed by atoms with van der Waals surface area (Å²) in [5.41, 5.74) is 0.737. The molecule has 0 saturated carbocycles. The van der Waals surface area contributed by atoms with Crippen LogP contribution in [0.2, 0.25) is 0 Å². The second-order valence-electron chi connectivity index (χ2n) is 3.66. The van der Waals surface area contributed by atoms with Crippen LogP contribution in [0.4, 0.5) is 0 Å². The third kappa shape index (κ3) is 2.15. The highest BCUT2D eigenvalue weighted by Gasteiger charge is 2.33. The first-order valence-corrected chi connectivity index (χ1v) is 6.66. The Morgan fingerprint density at radius 1 is 1.47 bits per heavy atom. The van der Waals surface area contributed by atoms with Crippen LogP contribution in [0.15, 0.2) is 18.6 Å². The summed E-state index contributed by atoms with van der Waals surface area (Å²) in [5.74, 6) is 0. The minimum absolute atomic E-state index is 0.131. The number of nitrogens with zero attached hydrogens (tertiary/aromatic N) is 3. The van der Waals surface area contributed by atoms with Crippen molar-refractivity contribution >= 4 is 10.0 Å². The van der Waals surface area contributed by atoms with Crippen LogP contribution < -0.4 is 0 Å². The van der Waals surface area contributed by atoms with Crippen molar-refractivity contribution in [1.29, 1.82) is 0 Å². The van der Waals surface area contributed by atoms with E-state index in [1.807, 2.05) is 0 Å². The van der Waals surface area contributed by atoms with Gasteiger partial charge < -0.3 is 0 Å². The lowest BCUT2D eigenvalue weighted by atomic mass is 10.2. The largest absolute Gasteiger partial charge is 0.261 e. The maximum atomic E-state index is 11.5. The Hall–Kier alpha value is -1.01. The number of sulfonamides is 1. The van der Waals surface area contributed by atoms with Gasteiger partial charge in [0.1, 0.15) is 0 Å². The first kappa shape index (κ1) is 10.5. The Balaban J connectivity index is 2.30. The van der Waals surface area contributed by atoms with Gasteiger partial charge in [-0.1, -0.05) is 0 Å². The molecule has 0 bridgehead atoms. The highest BCUT2D eigenvalue weighted by atomic mass is 32.2. The van der Waals surface area contributed by atoms with Crippen LogP contribution in [-0.4, -0.2) is 35.5 Å². The van der Waals surface area contributed by atoms with Gasteiger partial charge in [0.2, 0.25) is 10.0 Å². The van der Waals surface area contributed by atoms with Gasteiger partial charge in [-0.15, -0.1) is 0 Å². The van der Waals surface area contributed by atoms with Crippen molar-refractivity contribution in [3.63, 3.8) is 0 Å². The summed E-state index contributed by atoms with van der Waals surface area (Å²) in [7, 11) is -3.13. The SMILES string of the molecule is CS(=O)(=O)N1CCC[C@H]1c1cnccn1. The van der Waals surface area contributed by atoms with Gasteiger partial charge in [0, 0.05) is 18.9 Å². The molecular formula is C9H13N3O2S. The molecule has 1 aromatic rings. The lowest BCUT2D eigenvalue weighted by molar-refractivity contribution is 0.393. The molecule has 1 aromatic heterocycles. The monoisotopic (exact) mass is 227 g/mol. The highest BCUT2D eigenvalue weighted by Crippen LogP contribution is 2.31. The predicted molar refractivity (Wildman–Crippen MR) is 55.6 cm³/mol. The Kier molecular flexibility index (Phi) is 2.70. The van der Waals surface area contributed by atoms with Crippen molar-refractivity contribution in [1.82, 2.24) is 14.3 Å². The van der Waals surface area contributed by atoms with E-state index in [1.165, 1.54) is 10.6 Å². The van der Waals surface area contributed by atoms with E-state index in [0.29, 0.717) is 6.54 Å². The number of aromatic nitrogens is 2. The summed E-state index contributed by atoms with van der Waals surface area (Å²) < 4.78 is 24.5. The molecule has 2 heterocycles. The standard InChI is InChI=1S/C9H13N3O2S/c1-15(13,14)12-6-2-3-9(12)8-7-10-4-5-11-8/h4-5,7,9H,2-3,6H2,1H3/t9-/m0/s1. The van der Waals surface area contributed by atoms with Gasteiger partial charge in [-0.05, 0) is 12.8 Å². The molecule has 1 atom stereocenters. The maximum absolute atomic E-state index is 11.5. The molecular weight excluding hydrogens is 214 g/mol. The fraction of sp³-hybridized carbons (Fsp3) is 0.556. The van der Waals surface area contributed by atoms with E-state index in [0.717, 1.165) is 18.5 Å². The first-order valence-electron chi connectivity index (χ1n) is 4.82. The molecule has 1 saturated heterocycles. The van der Waals surface area contributed by atoms with Gasteiger partial charge in [-0.25, -0.2) is 8.42 Å². The fourth-order valence-corrected chi connectivity index (χ4v) is 3.05. The molecule has 0 amide bonds. The molecule has 0 radical (unpaired) electrons. The fourth-order valence-electron chi connectivity index (χ4n) is 1.92. The molecule has 0 aliphatic carbocycles. The summed E-state index contributed by atoms with van der Waals surface area (Å²) >= 11 is 0. The molecule has 0 spiro atoms. The maximum Gasteiger partial charge on any atom is 0.211 e. The number of rotatable bonds is 2. The summed E-state index contributed by atoms with van der Waals surface area (Å²) in [5, 5.41) is 0. The van der Waals surface area contributed by atoms with Crippen molar-refractivity contribution in [2.24, 2.45) is 0 Å². The lowest BCUT2D eigenvalue weighted by Gasteiger charge is -2.20. The molecule has 1 aliphatic rings. The van der Waals surface area contributed by atoms with Crippen molar-refractivity contribution in [2.75, 3.05) is 12.8 Å². The van der Waals surface area contributed by atoms with Crippen LogP contribution in [-0.2, 0) is 10.0 Å². The van der Waals surface area contributed by atoms with Crippen LogP contribution in [0.5, 0.6) is 0 Å². The Morgan fingerprint density at radius 3 is 2.87 bits per heavy atom. The van der Waals surface area contributed by atoms with Crippen LogP contribution in [0.1, 0.15) is 24.6 Å². The Bertz CT molecular complexity index is 432. The van der Waals surface area contributed by atoms with E-state index in [9.17, 15) is 8.42 Å². The van der Waals surface area contributed by atoms with Crippen LogP contribution in [0, 0.1) is 0 Å². The average Bonchev–Trinajstić information content (AvgIpc) is 2.67. The molecule has 15 heavy (non-hydrogen) atoms.